The molecule has 2 N–H and O–H groups in total. The fourth-order valence-electron chi connectivity index (χ4n) is 2.42. The maximum atomic E-state index is 12.4. The minimum absolute atomic E-state index is 0.150. The van der Waals surface area contributed by atoms with Crippen molar-refractivity contribution in [2.75, 3.05) is 12.3 Å². The summed E-state index contributed by atoms with van der Waals surface area (Å²) in [5.41, 5.74) is 7.36. The molecule has 1 aromatic rings. The molecule has 1 atom stereocenters. The number of hydrogen-bond donors (Lipinski definition) is 1. The van der Waals surface area contributed by atoms with E-state index < -0.39 is 10.8 Å². The Balaban J connectivity index is 2.04. The Morgan fingerprint density at radius 1 is 1.21 bits per heavy atom. The van der Waals surface area contributed by atoms with Crippen LogP contribution in [0.2, 0.25) is 0 Å². The van der Waals surface area contributed by atoms with Gasteiger partial charge in [0.2, 0.25) is 0 Å². The fraction of sp³-hybridized carbons (Fsp3) is 0.625. The second-order valence-corrected chi connectivity index (χ2v) is 8.25. The van der Waals surface area contributed by atoms with Gasteiger partial charge in [-0.2, -0.15) is 0 Å². The highest BCUT2D eigenvalue weighted by atomic mass is 32.2. The average Bonchev–Trinajstić information content (AvgIpc) is 3.08. The van der Waals surface area contributed by atoms with Gasteiger partial charge in [-0.25, -0.2) is 0 Å². The summed E-state index contributed by atoms with van der Waals surface area (Å²) in [4.78, 5) is 0.955. The summed E-state index contributed by atoms with van der Waals surface area (Å²) in [6.07, 6.45) is 3.39. The molecule has 1 aliphatic rings. The number of rotatable bonds is 5. The summed E-state index contributed by atoms with van der Waals surface area (Å²) in [7, 11) is -0.882. The standard InChI is InChI=1S/C16H25NOS/c1-15(2,3)13-4-6-14(7-5-13)19(18)12-16(8-9-16)10-11-17/h4-7H,8-12,17H2,1-3H3. The van der Waals surface area contributed by atoms with Crippen LogP contribution >= 0.6 is 0 Å². The van der Waals surface area contributed by atoms with Gasteiger partial charge in [0.05, 0.1) is 10.8 Å². The second kappa shape index (κ2) is 5.37. The van der Waals surface area contributed by atoms with E-state index in [1.807, 2.05) is 12.1 Å². The van der Waals surface area contributed by atoms with Crippen molar-refractivity contribution in [3.05, 3.63) is 29.8 Å². The van der Waals surface area contributed by atoms with Gasteiger partial charge in [-0.3, -0.25) is 4.21 Å². The average molecular weight is 279 g/mol. The van der Waals surface area contributed by atoms with E-state index in [-0.39, 0.29) is 10.8 Å². The van der Waals surface area contributed by atoms with Crippen molar-refractivity contribution in [2.24, 2.45) is 11.1 Å². The Morgan fingerprint density at radius 3 is 2.21 bits per heavy atom. The van der Waals surface area contributed by atoms with Crippen LogP contribution in [0.5, 0.6) is 0 Å². The van der Waals surface area contributed by atoms with Crippen molar-refractivity contribution in [3.8, 4) is 0 Å². The first-order valence-electron chi connectivity index (χ1n) is 7.05. The molecule has 0 saturated heterocycles. The molecule has 106 valence electrons. The molecule has 2 rings (SSSR count). The molecule has 1 saturated carbocycles. The predicted molar refractivity (Wildman–Crippen MR) is 81.8 cm³/mol. The SMILES string of the molecule is CC(C)(C)c1ccc(S(=O)CC2(CCN)CC2)cc1. The summed E-state index contributed by atoms with van der Waals surface area (Å²) < 4.78 is 12.4. The van der Waals surface area contributed by atoms with Gasteiger partial charge in [0, 0.05) is 10.6 Å². The van der Waals surface area contributed by atoms with Crippen LogP contribution in [-0.4, -0.2) is 16.5 Å². The van der Waals surface area contributed by atoms with E-state index in [1.165, 1.54) is 18.4 Å². The lowest BCUT2D eigenvalue weighted by molar-refractivity contribution is 0.529. The topological polar surface area (TPSA) is 43.1 Å². The summed E-state index contributed by atoms with van der Waals surface area (Å²) in [5.74, 6) is 0.777. The van der Waals surface area contributed by atoms with E-state index in [0.717, 1.165) is 17.1 Å². The third-order valence-electron chi connectivity index (χ3n) is 4.05. The Hall–Kier alpha value is -0.670. The molecule has 0 amide bonds. The van der Waals surface area contributed by atoms with Crippen molar-refractivity contribution in [3.63, 3.8) is 0 Å². The molecule has 1 fully saturated rings. The lowest BCUT2D eigenvalue weighted by Crippen LogP contribution is -2.17. The van der Waals surface area contributed by atoms with E-state index in [9.17, 15) is 4.21 Å². The maximum Gasteiger partial charge on any atom is 0.0535 e. The summed E-state index contributed by atoms with van der Waals surface area (Å²) in [6.45, 7) is 7.29. The van der Waals surface area contributed by atoms with Gasteiger partial charge in [-0.05, 0) is 54.3 Å². The molecular weight excluding hydrogens is 254 g/mol. The molecule has 0 spiro atoms. The Morgan fingerprint density at radius 2 is 1.79 bits per heavy atom. The lowest BCUT2D eigenvalue weighted by Gasteiger charge is -2.19. The third kappa shape index (κ3) is 3.67. The predicted octanol–water partition coefficient (Wildman–Crippen LogP) is 3.22. The Bertz CT molecular complexity index is 455. The van der Waals surface area contributed by atoms with Gasteiger partial charge < -0.3 is 5.73 Å². The number of benzene rings is 1. The fourth-order valence-corrected chi connectivity index (χ4v) is 4.01. The van der Waals surface area contributed by atoms with Crippen LogP contribution in [0.15, 0.2) is 29.2 Å². The highest BCUT2D eigenvalue weighted by Crippen LogP contribution is 2.49. The van der Waals surface area contributed by atoms with Crippen molar-refractivity contribution in [1.82, 2.24) is 0 Å². The summed E-state index contributed by atoms with van der Waals surface area (Å²) >= 11 is 0. The van der Waals surface area contributed by atoms with Gasteiger partial charge in [-0.1, -0.05) is 32.9 Å². The zero-order valence-electron chi connectivity index (χ0n) is 12.2. The zero-order valence-corrected chi connectivity index (χ0v) is 13.1. The molecule has 2 nitrogen and oxygen atoms in total. The van der Waals surface area contributed by atoms with Crippen molar-refractivity contribution < 1.29 is 4.21 Å². The van der Waals surface area contributed by atoms with E-state index in [0.29, 0.717) is 6.54 Å². The van der Waals surface area contributed by atoms with Crippen molar-refractivity contribution in [1.29, 1.82) is 0 Å². The summed E-state index contributed by atoms with van der Waals surface area (Å²) in [6, 6.07) is 8.26. The molecule has 1 unspecified atom stereocenters. The smallest absolute Gasteiger partial charge is 0.0535 e. The van der Waals surface area contributed by atoms with Crippen LogP contribution in [-0.2, 0) is 16.2 Å². The largest absolute Gasteiger partial charge is 0.330 e. The Labute approximate surface area is 119 Å². The van der Waals surface area contributed by atoms with E-state index in [1.54, 1.807) is 0 Å². The van der Waals surface area contributed by atoms with Crippen LogP contribution in [0, 0.1) is 5.41 Å². The molecule has 0 aliphatic heterocycles. The van der Waals surface area contributed by atoms with E-state index >= 15 is 0 Å². The van der Waals surface area contributed by atoms with E-state index in [2.05, 4.69) is 32.9 Å². The van der Waals surface area contributed by atoms with Crippen LogP contribution < -0.4 is 5.73 Å². The molecule has 1 aliphatic carbocycles. The highest BCUT2D eigenvalue weighted by Gasteiger charge is 2.43. The zero-order chi connectivity index (χ0) is 14.1. The molecule has 0 aromatic heterocycles. The minimum Gasteiger partial charge on any atom is -0.330 e. The molecule has 1 aromatic carbocycles. The molecule has 19 heavy (non-hydrogen) atoms. The first-order valence-corrected chi connectivity index (χ1v) is 8.37. The van der Waals surface area contributed by atoms with Crippen LogP contribution in [0.25, 0.3) is 0 Å². The summed E-state index contributed by atoms with van der Waals surface area (Å²) in [5, 5.41) is 0. The normalized spacial score (nSPS) is 19.2. The van der Waals surface area contributed by atoms with Crippen molar-refractivity contribution in [2.45, 2.75) is 50.3 Å². The quantitative estimate of drug-likeness (QED) is 0.899. The molecular formula is C16H25NOS. The lowest BCUT2D eigenvalue weighted by atomic mass is 9.87. The molecule has 0 bridgehead atoms. The maximum absolute atomic E-state index is 12.4. The second-order valence-electron chi connectivity index (χ2n) is 6.80. The minimum atomic E-state index is -0.882. The van der Waals surface area contributed by atoms with Crippen LogP contribution in [0.3, 0.4) is 0 Å². The number of nitrogens with two attached hydrogens (primary N) is 1. The van der Waals surface area contributed by atoms with Crippen molar-refractivity contribution >= 4 is 10.8 Å². The molecule has 3 heteroatoms. The monoisotopic (exact) mass is 279 g/mol. The van der Waals surface area contributed by atoms with E-state index in [4.69, 9.17) is 5.73 Å². The van der Waals surface area contributed by atoms with Gasteiger partial charge in [0.15, 0.2) is 0 Å². The van der Waals surface area contributed by atoms with Gasteiger partial charge >= 0.3 is 0 Å². The molecule has 0 radical (unpaired) electrons. The highest BCUT2D eigenvalue weighted by molar-refractivity contribution is 7.85. The van der Waals surface area contributed by atoms with Gasteiger partial charge in [0.25, 0.3) is 0 Å². The Kier molecular flexibility index (Phi) is 4.17. The number of hydrogen-bond acceptors (Lipinski definition) is 2. The van der Waals surface area contributed by atoms with Gasteiger partial charge in [0.1, 0.15) is 0 Å². The first-order chi connectivity index (χ1) is 8.86. The van der Waals surface area contributed by atoms with Gasteiger partial charge in [-0.15, -0.1) is 0 Å². The first kappa shape index (κ1) is 14.7. The molecule has 0 heterocycles. The van der Waals surface area contributed by atoms with Crippen LogP contribution in [0.1, 0.15) is 45.6 Å². The third-order valence-corrected chi connectivity index (χ3v) is 5.72. The van der Waals surface area contributed by atoms with Crippen LogP contribution in [0.4, 0.5) is 0 Å².